The molecular weight excluding hydrogens is 233 g/mol. The molecule has 1 unspecified atom stereocenters. The SMILES string of the molecule is NC(C1=CCCO1)c1ccc(Cl)cc1Cl. The molecule has 80 valence electrons. The highest BCUT2D eigenvalue weighted by Gasteiger charge is 2.18. The van der Waals surface area contributed by atoms with Crippen molar-refractivity contribution in [2.45, 2.75) is 12.5 Å². The molecule has 1 atom stereocenters. The maximum Gasteiger partial charge on any atom is 0.113 e. The van der Waals surface area contributed by atoms with Crippen molar-refractivity contribution in [3.8, 4) is 0 Å². The summed E-state index contributed by atoms with van der Waals surface area (Å²) in [5.41, 5.74) is 6.87. The maximum absolute atomic E-state index is 6.06. The molecule has 2 N–H and O–H groups in total. The molecule has 15 heavy (non-hydrogen) atoms. The first-order valence-electron chi connectivity index (χ1n) is 4.72. The van der Waals surface area contributed by atoms with Crippen molar-refractivity contribution in [2.24, 2.45) is 5.73 Å². The van der Waals surface area contributed by atoms with E-state index in [1.165, 1.54) is 0 Å². The minimum atomic E-state index is -0.294. The van der Waals surface area contributed by atoms with Gasteiger partial charge < -0.3 is 10.5 Å². The Labute approximate surface area is 98.6 Å². The molecule has 0 amide bonds. The fourth-order valence-electron chi connectivity index (χ4n) is 1.56. The Hall–Kier alpha value is -0.700. The third-order valence-electron chi connectivity index (χ3n) is 2.34. The van der Waals surface area contributed by atoms with Gasteiger partial charge in [0.1, 0.15) is 5.76 Å². The number of halogens is 2. The molecule has 0 saturated carbocycles. The van der Waals surface area contributed by atoms with Crippen LogP contribution in [0.3, 0.4) is 0 Å². The normalized spacial score (nSPS) is 17.1. The Kier molecular flexibility index (Phi) is 3.19. The van der Waals surface area contributed by atoms with Crippen molar-refractivity contribution in [2.75, 3.05) is 6.61 Å². The van der Waals surface area contributed by atoms with Gasteiger partial charge in [-0.3, -0.25) is 0 Å². The number of nitrogens with two attached hydrogens (primary N) is 1. The Balaban J connectivity index is 2.28. The summed E-state index contributed by atoms with van der Waals surface area (Å²) in [6, 6.07) is 5.00. The number of rotatable bonds is 2. The number of ether oxygens (including phenoxy) is 1. The first-order chi connectivity index (χ1) is 7.18. The average Bonchev–Trinajstić information content (AvgIpc) is 2.69. The van der Waals surface area contributed by atoms with E-state index in [0.717, 1.165) is 17.7 Å². The molecule has 0 radical (unpaired) electrons. The van der Waals surface area contributed by atoms with Gasteiger partial charge in [-0.1, -0.05) is 29.3 Å². The lowest BCUT2D eigenvalue weighted by atomic mass is 10.1. The van der Waals surface area contributed by atoms with Crippen LogP contribution in [0.25, 0.3) is 0 Å². The second-order valence-electron chi connectivity index (χ2n) is 3.39. The topological polar surface area (TPSA) is 35.2 Å². The molecule has 0 bridgehead atoms. The average molecular weight is 244 g/mol. The smallest absolute Gasteiger partial charge is 0.113 e. The molecule has 2 rings (SSSR count). The van der Waals surface area contributed by atoms with Gasteiger partial charge in [0.25, 0.3) is 0 Å². The summed E-state index contributed by atoms with van der Waals surface area (Å²) in [6.07, 6.45) is 2.91. The van der Waals surface area contributed by atoms with Gasteiger partial charge in [-0.15, -0.1) is 0 Å². The maximum atomic E-state index is 6.06. The van der Waals surface area contributed by atoms with Gasteiger partial charge in [0.15, 0.2) is 0 Å². The molecule has 0 fully saturated rings. The van der Waals surface area contributed by atoms with Crippen LogP contribution in [-0.2, 0) is 4.74 Å². The Bertz CT molecular complexity index is 404. The minimum Gasteiger partial charge on any atom is -0.496 e. The zero-order valence-electron chi connectivity index (χ0n) is 8.04. The number of hydrogen-bond donors (Lipinski definition) is 1. The van der Waals surface area contributed by atoms with Crippen molar-refractivity contribution < 1.29 is 4.74 Å². The molecule has 1 aromatic carbocycles. The lowest BCUT2D eigenvalue weighted by Crippen LogP contribution is -2.14. The molecule has 0 saturated heterocycles. The highest BCUT2D eigenvalue weighted by molar-refractivity contribution is 6.35. The van der Waals surface area contributed by atoms with E-state index >= 15 is 0 Å². The predicted molar refractivity (Wildman–Crippen MR) is 62.0 cm³/mol. The van der Waals surface area contributed by atoms with Crippen molar-refractivity contribution in [3.63, 3.8) is 0 Å². The van der Waals surface area contributed by atoms with E-state index in [2.05, 4.69) is 0 Å². The van der Waals surface area contributed by atoms with Gasteiger partial charge in [-0.2, -0.15) is 0 Å². The lowest BCUT2D eigenvalue weighted by Gasteiger charge is -2.15. The zero-order valence-corrected chi connectivity index (χ0v) is 9.55. The Morgan fingerprint density at radius 3 is 2.73 bits per heavy atom. The fraction of sp³-hybridized carbons (Fsp3) is 0.273. The highest BCUT2D eigenvalue weighted by atomic mass is 35.5. The van der Waals surface area contributed by atoms with Crippen LogP contribution < -0.4 is 5.73 Å². The molecule has 0 aliphatic carbocycles. The molecule has 2 nitrogen and oxygen atoms in total. The summed E-state index contributed by atoms with van der Waals surface area (Å²) in [5.74, 6) is 0.791. The molecular formula is C11H11Cl2NO. The van der Waals surface area contributed by atoms with Crippen LogP contribution in [0, 0.1) is 0 Å². The van der Waals surface area contributed by atoms with E-state index in [1.807, 2.05) is 12.1 Å². The third-order valence-corrected chi connectivity index (χ3v) is 2.90. The quantitative estimate of drug-likeness (QED) is 0.866. The highest BCUT2D eigenvalue weighted by Crippen LogP contribution is 2.30. The first kappa shape index (κ1) is 10.8. The van der Waals surface area contributed by atoms with Gasteiger partial charge >= 0.3 is 0 Å². The van der Waals surface area contributed by atoms with Crippen molar-refractivity contribution >= 4 is 23.2 Å². The predicted octanol–water partition coefficient (Wildman–Crippen LogP) is 3.30. The van der Waals surface area contributed by atoms with E-state index in [0.29, 0.717) is 16.7 Å². The van der Waals surface area contributed by atoms with Crippen LogP contribution in [0.4, 0.5) is 0 Å². The summed E-state index contributed by atoms with van der Waals surface area (Å²) < 4.78 is 5.40. The molecule has 1 aliphatic heterocycles. The van der Waals surface area contributed by atoms with Crippen molar-refractivity contribution in [3.05, 3.63) is 45.6 Å². The van der Waals surface area contributed by atoms with Crippen molar-refractivity contribution in [1.82, 2.24) is 0 Å². The molecule has 4 heteroatoms. The second-order valence-corrected chi connectivity index (χ2v) is 4.23. The van der Waals surface area contributed by atoms with Crippen molar-refractivity contribution in [1.29, 1.82) is 0 Å². The van der Waals surface area contributed by atoms with Gasteiger partial charge in [0.2, 0.25) is 0 Å². The standard InChI is InChI=1S/C11H11Cl2NO/c12-7-3-4-8(9(13)6-7)11(14)10-2-1-5-15-10/h2-4,6,11H,1,5,14H2. The summed E-state index contributed by atoms with van der Waals surface area (Å²) in [6.45, 7) is 0.703. The van der Waals surface area contributed by atoms with E-state index in [4.69, 9.17) is 33.7 Å². The number of benzene rings is 1. The Morgan fingerprint density at radius 1 is 1.33 bits per heavy atom. The monoisotopic (exact) mass is 243 g/mol. The Morgan fingerprint density at radius 2 is 2.13 bits per heavy atom. The van der Waals surface area contributed by atoms with Crippen LogP contribution in [0.15, 0.2) is 30.0 Å². The van der Waals surface area contributed by atoms with Crippen LogP contribution in [0.5, 0.6) is 0 Å². The summed E-state index contributed by atoms with van der Waals surface area (Å²) in [7, 11) is 0. The molecule has 0 spiro atoms. The third kappa shape index (κ3) is 2.28. The van der Waals surface area contributed by atoms with Crippen LogP contribution >= 0.6 is 23.2 Å². The first-order valence-corrected chi connectivity index (χ1v) is 5.47. The molecule has 1 heterocycles. The minimum absolute atomic E-state index is 0.294. The number of hydrogen-bond acceptors (Lipinski definition) is 2. The van der Waals surface area contributed by atoms with Crippen LogP contribution in [0.2, 0.25) is 10.0 Å². The van der Waals surface area contributed by atoms with Gasteiger partial charge in [-0.05, 0) is 23.8 Å². The van der Waals surface area contributed by atoms with Gasteiger partial charge in [0.05, 0.1) is 12.6 Å². The summed E-state index contributed by atoms with van der Waals surface area (Å²) >= 11 is 11.9. The van der Waals surface area contributed by atoms with E-state index in [9.17, 15) is 0 Å². The van der Waals surface area contributed by atoms with Crippen LogP contribution in [-0.4, -0.2) is 6.61 Å². The summed E-state index contributed by atoms with van der Waals surface area (Å²) in [4.78, 5) is 0. The van der Waals surface area contributed by atoms with Gasteiger partial charge in [-0.25, -0.2) is 0 Å². The second kappa shape index (κ2) is 4.44. The zero-order chi connectivity index (χ0) is 10.8. The summed E-state index contributed by atoms with van der Waals surface area (Å²) in [5, 5.41) is 1.18. The molecule has 1 aliphatic rings. The molecule has 1 aromatic rings. The van der Waals surface area contributed by atoms with E-state index in [1.54, 1.807) is 12.1 Å². The fourth-order valence-corrected chi connectivity index (χ4v) is 2.09. The van der Waals surface area contributed by atoms with E-state index in [-0.39, 0.29) is 6.04 Å². The van der Waals surface area contributed by atoms with Gasteiger partial charge in [0, 0.05) is 16.5 Å². The van der Waals surface area contributed by atoms with E-state index < -0.39 is 0 Å². The molecule has 0 aromatic heterocycles. The largest absolute Gasteiger partial charge is 0.496 e. The lowest BCUT2D eigenvalue weighted by molar-refractivity contribution is 0.225. The van der Waals surface area contributed by atoms with Crippen LogP contribution in [0.1, 0.15) is 18.0 Å².